The van der Waals surface area contributed by atoms with E-state index in [1.807, 2.05) is 6.08 Å². The SMILES string of the molecule is C[C@]12CCC(=O)C=C1C=CC1C2=CC[C@@]2(C)C1CCC21CO1. The molecule has 0 bridgehead atoms. The van der Waals surface area contributed by atoms with Crippen molar-refractivity contribution in [3.05, 3.63) is 35.5 Å². The molecule has 0 radical (unpaired) electrons. The summed E-state index contributed by atoms with van der Waals surface area (Å²) in [6.07, 6.45) is 14.4. The summed E-state index contributed by atoms with van der Waals surface area (Å²) in [5, 5.41) is 0. The highest BCUT2D eigenvalue weighted by atomic mass is 16.6. The first-order valence-electron chi connectivity index (χ1n) is 8.76. The van der Waals surface area contributed by atoms with E-state index in [-0.39, 0.29) is 11.0 Å². The second-order valence-electron chi connectivity index (χ2n) is 8.49. The van der Waals surface area contributed by atoms with Gasteiger partial charge in [-0.15, -0.1) is 0 Å². The van der Waals surface area contributed by atoms with Crippen molar-refractivity contribution < 1.29 is 9.53 Å². The van der Waals surface area contributed by atoms with Crippen molar-refractivity contribution in [1.82, 2.24) is 0 Å². The molecule has 2 heteroatoms. The second kappa shape index (κ2) is 3.84. The Balaban J connectivity index is 1.62. The molecule has 0 aromatic heterocycles. The van der Waals surface area contributed by atoms with Gasteiger partial charge < -0.3 is 4.74 Å². The number of allylic oxidation sites excluding steroid dienone is 6. The second-order valence-corrected chi connectivity index (χ2v) is 8.49. The lowest BCUT2D eigenvalue weighted by molar-refractivity contribution is -0.115. The average Bonchev–Trinajstić information content (AvgIpc) is 3.22. The molecule has 0 aromatic carbocycles. The quantitative estimate of drug-likeness (QED) is 0.500. The summed E-state index contributed by atoms with van der Waals surface area (Å²) < 4.78 is 5.95. The molecule has 1 aliphatic heterocycles. The van der Waals surface area contributed by atoms with Gasteiger partial charge in [0.25, 0.3) is 0 Å². The zero-order valence-electron chi connectivity index (χ0n) is 13.5. The highest BCUT2D eigenvalue weighted by Gasteiger charge is 2.68. The van der Waals surface area contributed by atoms with Gasteiger partial charge in [0, 0.05) is 23.2 Å². The predicted octanol–water partition coefficient (Wildman–Crippen LogP) is 3.98. The third-order valence-electron chi connectivity index (χ3n) is 7.70. The summed E-state index contributed by atoms with van der Waals surface area (Å²) in [6, 6.07) is 0. The topological polar surface area (TPSA) is 29.6 Å². The molecule has 0 amide bonds. The van der Waals surface area contributed by atoms with Gasteiger partial charge in [0.2, 0.25) is 0 Å². The van der Waals surface area contributed by atoms with Crippen LogP contribution in [0.3, 0.4) is 0 Å². The molecule has 4 aliphatic carbocycles. The summed E-state index contributed by atoms with van der Waals surface area (Å²) in [6.45, 7) is 5.78. The Kier molecular flexibility index (Phi) is 2.32. The highest BCUT2D eigenvalue weighted by Crippen LogP contribution is 2.68. The fourth-order valence-corrected chi connectivity index (χ4v) is 5.98. The molecule has 2 nitrogen and oxygen atoms in total. The molecule has 22 heavy (non-hydrogen) atoms. The van der Waals surface area contributed by atoms with Crippen molar-refractivity contribution in [2.45, 2.75) is 51.6 Å². The minimum Gasteiger partial charge on any atom is -0.369 e. The number of carbonyl (C=O) groups excluding carboxylic acids is 1. The Morgan fingerprint density at radius 1 is 1.27 bits per heavy atom. The number of epoxide rings is 1. The first-order valence-corrected chi connectivity index (χ1v) is 8.76. The molecule has 1 spiro atoms. The molecular weight excluding hydrogens is 272 g/mol. The van der Waals surface area contributed by atoms with E-state index in [9.17, 15) is 4.79 Å². The van der Waals surface area contributed by atoms with E-state index in [0.717, 1.165) is 19.4 Å². The molecule has 1 saturated heterocycles. The molecule has 2 fully saturated rings. The fraction of sp³-hybridized carbons (Fsp3) is 0.650. The molecule has 0 N–H and O–H groups in total. The van der Waals surface area contributed by atoms with Crippen LogP contribution in [0.1, 0.15) is 46.0 Å². The van der Waals surface area contributed by atoms with E-state index >= 15 is 0 Å². The maximum atomic E-state index is 11.8. The number of hydrogen-bond donors (Lipinski definition) is 0. The summed E-state index contributed by atoms with van der Waals surface area (Å²) in [7, 11) is 0. The van der Waals surface area contributed by atoms with Crippen molar-refractivity contribution in [1.29, 1.82) is 0 Å². The number of rotatable bonds is 0. The Morgan fingerprint density at radius 3 is 2.86 bits per heavy atom. The van der Waals surface area contributed by atoms with Gasteiger partial charge in [-0.2, -0.15) is 0 Å². The zero-order chi connectivity index (χ0) is 15.2. The first-order chi connectivity index (χ1) is 10.5. The highest BCUT2D eigenvalue weighted by molar-refractivity contribution is 5.92. The van der Waals surface area contributed by atoms with E-state index in [0.29, 0.717) is 29.5 Å². The lowest BCUT2D eigenvalue weighted by Crippen LogP contribution is -2.45. The van der Waals surface area contributed by atoms with Crippen molar-refractivity contribution in [2.24, 2.45) is 22.7 Å². The van der Waals surface area contributed by atoms with Gasteiger partial charge in [-0.05, 0) is 43.3 Å². The minimum absolute atomic E-state index is 0.0921. The lowest BCUT2D eigenvalue weighted by Gasteiger charge is -2.50. The monoisotopic (exact) mass is 296 g/mol. The van der Waals surface area contributed by atoms with Crippen LogP contribution in [0.15, 0.2) is 35.5 Å². The Morgan fingerprint density at radius 2 is 2.09 bits per heavy atom. The van der Waals surface area contributed by atoms with Crippen molar-refractivity contribution in [3.8, 4) is 0 Å². The molecule has 1 saturated carbocycles. The summed E-state index contributed by atoms with van der Waals surface area (Å²) in [5.74, 6) is 1.56. The molecular formula is C20H24O2. The van der Waals surface area contributed by atoms with Gasteiger partial charge in [-0.25, -0.2) is 0 Å². The number of fused-ring (bicyclic) bond motifs is 6. The maximum absolute atomic E-state index is 11.8. The van der Waals surface area contributed by atoms with Crippen LogP contribution in [0.25, 0.3) is 0 Å². The molecule has 5 aliphatic rings. The van der Waals surface area contributed by atoms with E-state index in [2.05, 4.69) is 32.1 Å². The van der Waals surface area contributed by atoms with Gasteiger partial charge in [-0.1, -0.05) is 37.6 Å². The smallest absolute Gasteiger partial charge is 0.156 e. The van der Waals surface area contributed by atoms with Crippen molar-refractivity contribution >= 4 is 5.78 Å². The van der Waals surface area contributed by atoms with E-state index in [4.69, 9.17) is 4.74 Å². The van der Waals surface area contributed by atoms with Gasteiger partial charge in [0.05, 0.1) is 12.2 Å². The molecule has 0 aromatic rings. The minimum atomic E-state index is 0.0921. The van der Waals surface area contributed by atoms with Crippen LogP contribution in [-0.2, 0) is 9.53 Å². The zero-order valence-corrected chi connectivity index (χ0v) is 13.5. The Bertz CT molecular complexity index is 663. The third kappa shape index (κ3) is 1.39. The van der Waals surface area contributed by atoms with Crippen LogP contribution in [-0.4, -0.2) is 18.0 Å². The number of ketones is 1. The molecule has 5 rings (SSSR count). The number of ether oxygens (including phenoxy) is 1. The lowest BCUT2D eigenvalue weighted by atomic mass is 9.53. The van der Waals surface area contributed by atoms with Crippen molar-refractivity contribution in [3.63, 3.8) is 0 Å². The third-order valence-corrected chi connectivity index (χ3v) is 7.70. The average molecular weight is 296 g/mol. The van der Waals surface area contributed by atoms with E-state index in [1.165, 1.54) is 18.4 Å². The summed E-state index contributed by atoms with van der Waals surface area (Å²) in [5.41, 5.74) is 3.43. The first kappa shape index (κ1) is 13.3. The van der Waals surface area contributed by atoms with Crippen LogP contribution in [0.4, 0.5) is 0 Å². The summed E-state index contributed by atoms with van der Waals surface area (Å²) >= 11 is 0. The predicted molar refractivity (Wildman–Crippen MR) is 85.3 cm³/mol. The molecule has 3 unspecified atom stereocenters. The van der Waals surface area contributed by atoms with Gasteiger partial charge in [-0.3, -0.25) is 4.79 Å². The van der Waals surface area contributed by atoms with Crippen molar-refractivity contribution in [2.75, 3.05) is 6.61 Å². The van der Waals surface area contributed by atoms with E-state index in [1.54, 1.807) is 5.57 Å². The largest absolute Gasteiger partial charge is 0.369 e. The molecule has 5 atom stereocenters. The van der Waals surface area contributed by atoms with Gasteiger partial charge in [0.15, 0.2) is 5.78 Å². The fourth-order valence-electron chi connectivity index (χ4n) is 5.98. The van der Waals surface area contributed by atoms with Crippen LogP contribution in [0.5, 0.6) is 0 Å². The Labute approximate surface area is 132 Å². The Hall–Kier alpha value is -1.15. The van der Waals surface area contributed by atoms with Crippen LogP contribution >= 0.6 is 0 Å². The normalized spacial score (nSPS) is 51.8. The number of hydrogen-bond acceptors (Lipinski definition) is 2. The van der Waals surface area contributed by atoms with E-state index < -0.39 is 0 Å². The van der Waals surface area contributed by atoms with Crippen LogP contribution in [0, 0.1) is 22.7 Å². The van der Waals surface area contributed by atoms with Crippen LogP contribution in [0.2, 0.25) is 0 Å². The standard InChI is InChI=1S/C20H24O2/c1-18-8-5-14(21)11-13(18)3-4-15-16(18)6-9-19(2)17(15)7-10-20(19)12-22-20/h3-4,6,11,15,17H,5,7-10,12H2,1-2H3/t15?,17?,18-,19-,20?/m0/s1. The summed E-state index contributed by atoms with van der Waals surface area (Å²) in [4.78, 5) is 11.8. The number of carbonyl (C=O) groups is 1. The van der Waals surface area contributed by atoms with Crippen LogP contribution < -0.4 is 0 Å². The molecule has 1 heterocycles. The molecule has 116 valence electrons. The maximum Gasteiger partial charge on any atom is 0.156 e. The van der Waals surface area contributed by atoms with Gasteiger partial charge >= 0.3 is 0 Å². The van der Waals surface area contributed by atoms with Gasteiger partial charge in [0.1, 0.15) is 0 Å².